The lowest BCUT2D eigenvalue weighted by Crippen LogP contribution is -2.53. The number of anilines is 1. The summed E-state index contributed by atoms with van der Waals surface area (Å²) in [6.45, 7) is 1.26. The summed E-state index contributed by atoms with van der Waals surface area (Å²) in [6.07, 6.45) is 11.8. The number of benzene rings is 1. The van der Waals surface area contributed by atoms with E-state index < -0.39 is 22.6 Å². The van der Waals surface area contributed by atoms with Gasteiger partial charge in [0.2, 0.25) is 5.91 Å². The topological polar surface area (TPSA) is 96.4 Å². The first-order valence-electron chi connectivity index (χ1n) is 13.1. The first-order chi connectivity index (χ1) is 18.0. The molecule has 1 spiro atoms. The number of hydrogen-bond acceptors (Lipinski definition) is 7. The van der Waals surface area contributed by atoms with Crippen LogP contribution < -0.4 is 9.64 Å². The molecule has 2 fully saturated rings. The molecule has 198 valence electrons. The second-order valence-electron chi connectivity index (χ2n) is 9.95. The van der Waals surface area contributed by atoms with Gasteiger partial charge in [-0.1, -0.05) is 37.1 Å². The number of ether oxygens (including phenoxy) is 2. The molecule has 0 saturated carbocycles. The molecule has 0 aromatic heterocycles. The van der Waals surface area contributed by atoms with Gasteiger partial charge in [-0.3, -0.25) is 14.4 Å². The number of aliphatic hydroxyl groups excluding tert-OH is 1. The molecular weight excluding hydrogens is 492 g/mol. The lowest BCUT2D eigenvalue weighted by molar-refractivity contribution is -0.153. The van der Waals surface area contributed by atoms with Crippen LogP contribution in [-0.4, -0.2) is 77.2 Å². The molecule has 9 heteroatoms. The van der Waals surface area contributed by atoms with Crippen molar-refractivity contribution in [3.05, 3.63) is 48.6 Å². The third-order valence-electron chi connectivity index (χ3n) is 7.81. The predicted octanol–water partition coefficient (Wildman–Crippen LogP) is 2.95. The fourth-order valence-corrected chi connectivity index (χ4v) is 8.09. The van der Waals surface area contributed by atoms with E-state index in [2.05, 4.69) is 0 Å². The van der Waals surface area contributed by atoms with Crippen molar-refractivity contribution in [2.24, 2.45) is 11.8 Å². The quantitative estimate of drug-likeness (QED) is 0.316. The molecule has 0 radical (unpaired) electrons. The van der Waals surface area contributed by atoms with Crippen LogP contribution in [0.4, 0.5) is 5.69 Å². The van der Waals surface area contributed by atoms with Gasteiger partial charge < -0.3 is 24.4 Å². The van der Waals surface area contributed by atoms with E-state index in [1.807, 2.05) is 48.6 Å². The summed E-state index contributed by atoms with van der Waals surface area (Å²) in [7, 11) is 1.60. The number of likely N-dealkylation sites (tertiary alicyclic amines) is 1. The number of fused-ring (bicyclic) bond motifs is 2. The minimum Gasteiger partial charge on any atom is -0.497 e. The molecule has 2 saturated heterocycles. The Hall–Kier alpha value is -2.78. The first-order valence-corrected chi connectivity index (χ1v) is 14.0. The van der Waals surface area contributed by atoms with Crippen LogP contribution in [0.2, 0.25) is 0 Å². The standard InChI is InChI=1S/C28H34N2O6S/c1-35-20-12-10-19(11-13-20)29-16-8-14-28-23(22-21(37-28)9-4-7-18-36-27(22)34)25(32)30(24(28)26(29)33)15-5-2-3-6-17-31/h4,8-14,21-24,31H,2-3,5-7,15-18H2,1H3/t21-,22+,23+,24?,28+/m1/s1. The molecule has 4 aliphatic rings. The number of unbranched alkanes of at least 4 members (excludes halogenated alkanes) is 3. The fourth-order valence-electron chi connectivity index (χ4n) is 6.09. The number of aliphatic hydroxyl groups is 1. The molecule has 1 unspecified atom stereocenters. The number of nitrogens with zero attached hydrogens (tertiary/aromatic N) is 2. The van der Waals surface area contributed by atoms with Crippen molar-refractivity contribution in [2.75, 3.05) is 38.3 Å². The van der Waals surface area contributed by atoms with Crippen LogP contribution in [0.1, 0.15) is 32.1 Å². The molecule has 1 aromatic carbocycles. The molecule has 8 nitrogen and oxygen atoms in total. The van der Waals surface area contributed by atoms with E-state index in [-0.39, 0.29) is 29.6 Å². The summed E-state index contributed by atoms with van der Waals surface area (Å²) in [5.41, 5.74) is 0.736. The van der Waals surface area contributed by atoms with Crippen LogP contribution in [0.15, 0.2) is 48.6 Å². The maximum Gasteiger partial charge on any atom is 0.311 e. The number of cyclic esters (lactones) is 1. The lowest BCUT2D eigenvalue weighted by atomic mass is 9.78. The highest BCUT2D eigenvalue weighted by Crippen LogP contribution is 2.61. The third kappa shape index (κ3) is 4.56. The summed E-state index contributed by atoms with van der Waals surface area (Å²) in [4.78, 5) is 45.0. The van der Waals surface area contributed by atoms with Crippen LogP contribution in [0.25, 0.3) is 0 Å². The normalized spacial score (nSPS) is 30.8. The number of rotatable bonds is 8. The van der Waals surface area contributed by atoms with Gasteiger partial charge in [0.25, 0.3) is 5.91 Å². The average Bonchev–Trinajstić information content (AvgIpc) is 3.27. The van der Waals surface area contributed by atoms with Gasteiger partial charge in [-0.15, -0.1) is 11.8 Å². The smallest absolute Gasteiger partial charge is 0.311 e. The Bertz CT molecular complexity index is 1090. The van der Waals surface area contributed by atoms with Crippen molar-refractivity contribution in [1.29, 1.82) is 0 Å². The Morgan fingerprint density at radius 1 is 1.08 bits per heavy atom. The van der Waals surface area contributed by atoms with Crippen LogP contribution >= 0.6 is 11.8 Å². The Labute approximate surface area is 221 Å². The van der Waals surface area contributed by atoms with E-state index in [0.29, 0.717) is 38.3 Å². The minimum absolute atomic E-state index is 0.138. The van der Waals surface area contributed by atoms with Crippen molar-refractivity contribution in [3.63, 3.8) is 0 Å². The average molecular weight is 527 g/mol. The van der Waals surface area contributed by atoms with Crippen LogP contribution in [0.3, 0.4) is 0 Å². The van der Waals surface area contributed by atoms with E-state index in [0.717, 1.165) is 24.9 Å². The maximum atomic E-state index is 14.3. The molecule has 4 aliphatic heterocycles. The van der Waals surface area contributed by atoms with Gasteiger partial charge >= 0.3 is 5.97 Å². The number of amides is 2. The molecule has 5 atom stereocenters. The Kier molecular flexibility index (Phi) is 7.62. The van der Waals surface area contributed by atoms with Crippen LogP contribution in [-0.2, 0) is 19.1 Å². The molecular formula is C28H34N2O6S. The van der Waals surface area contributed by atoms with Gasteiger partial charge in [-0.2, -0.15) is 0 Å². The third-order valence-corrected chi connectivity index (χ3v) is 9.56. The number of methoxy groups -OCH3 is 1. The zero-order valence-corrected chi connectivity index (χ0v) is 21.9. The monoisotopic (exact) mass is 526 g/mol. The van der Waals surface area contributed by atoms with E-state index in [1.165, 1.54) is 0 Å². The van der Waals surface area contributed by atoms with E-state index >= 15 is 0 Å². The maximum absolute atomic E-state index is 14.3. The molecule has 1 N–H and O–H groups in total. The first kappa shape index (κ1) is 25.9. The zero-order chi connectivity index (χ0) is 26.0. The van der Waals surface area contributed by atoms with Crippen LogP contribution in [0, 0.1) is 11.8 Å². The summed E-state index contributed by atoms with van der Waals surface area (Å²) < 4.78 is 9.97. The zero-order valence-electron chi connectivity index (χ0n) is 21.1. The summed E-state index contributed by atoms with van der Waals surface area (Å²) >= 11 is 1.56. The van der Waals surface area contributed by atoms with Crippen molar-refractivity contribution < 1.29 is 29.0 Å². The van der Waals surface area contributed by atoms with E-state index in [4.69, 9.17) is 14.6 Å². The number of carbonyl (C=O) groups excluding carboxylic acids is 3. The van der Waals surface area contributed by atoms with E-state index in [9.17, 15) is 14.4 Å². The SMILES string of the molecule is COc1ccc(N2CC=C[C@]34S[C@@H]5C=CCCOC(=O)[C@@H]5[C@H]3C(=O)N(CCCCCCO)C4C2=O)cc1. The van der Waals surface area contributed by atoms with Crippen LogP contribution in [0.5, 0.6) is 5.75 Å². The molecule has 5 rings (SSSR count). The van der Waals surface area contributed by atoms with Gasteiger partial charge in [0, 0.05) is 30.6 Å². The second kappa shape index (κ2) is 10.9. The van der Waals surface area contributed by atoms with Crippen molar-refractivity contribution in [2.45, 2.75) is 48.1 Å². The summed E-state index contributed by atoms with van der Waals surface area (Å²) in [6, 6.07) is 6.63. The van der Waals surface area contributed by atoms with Crippen molar-refractivity contribution in [3.8, 4) is 5.75 Å². The van der Waals surface area contributed by atoms with E-state index in [1.54, 1.807) is 28.7 Å². The summed E-state index contributed by atoms with van der Waals surface area (Å²) in [5.74, 6) is -1.21. The Morgan fingerprint density at radius 3 is 2.62 bits per heavy atom. The van der Waals surface area contributed by atoms with Gasteiger partial charge in [0.05, 0.1) is 30.3 Å². The lowest BCUT2D eigenvalue weighted by Gasteiger charge is -2.35. The van der Waals surface area contributed by atoms with Crippen molar-refractivity contribution in [1.82, 2.24) is 4.90 Å². The van der Waals surface area contributed by atoms with Gasteiger partial charge in [-0.25, -0.2) is 0 Å². The molecule has 37 heavy (non-hydrogen) atoms. The molecule has 0 aliphatic carbocycles. The highest BCUT2D eigenvalue weighted by Gasteiger charge is 2.70. The predicted molar refractivity (Wildman–Crippen MR) is 141 cm³/mol. The highest BCUT2D eigenvalue weighted by atomic mass is 32.2. The number of thioether (sulfide) groups is 1. The molecule has 0 bridgehead atoms. The summed E-state index contributed by atoms with van der Waals surface area (Å²) in [5, 5.41) is 8.89. The molecule has 4 heterocycles. The fraction of sp³-hybridized carbons (Fsp3) is 0.536. The highest BCUT2D eigenvalue weighted by molar-refractivity contribution is 8.02. The number of hydrogen-bond donors (Lipinski definition) is 1. The Morgan fingerprint density at radius 2 is 1.86 bits per heavy atom. The number of esters is 1. The second-order valence-corrected chi connectivity index (χ2v) is 11.4. The van der Waals surface area contributed by atoms with Crippen molar-refractivity contribution >= 4 is 35.2 Å². The Balaban J connectivity index is 1.52. The minimum atomic E-state index is -0.844. The van der Waals surface area contributed by atoms with Gasteiger partial charge in [0.15, 0.2) is 0 Å². The number of carbonyl (C=O) groups is 3. The van der Waals surface area contributed by atoms with Gasteiger partial charge in [0.1, 0.15) is 11.8 Å². The molecule has 2 amide bonds. The molecule has 1 aromatic rings. The van der Waals surface area contributed by atoms with Gasteiger partial charge in [-0.05, 0) is 43.5 Å². The largest absolute Gasteiger partial charge is 0.497 e.